The van der Waals surface area contributed by atoms with Crippen LogP contribution in [0.5, 0.6) is 0 Å². The molecule has 14 heteroatoms. The van der Waals surface area contributed by atoms with Crippen LogP contribution in [-0.2, 0) is 18.2 Å². The van der Waals surface area contributed by atoms with E-state index in [0.717, 1.165) is 0 Å². The van der Waals surface area contributed by atoms with E-state index in [2.05, 4.69) is 31.1 Å². The average molecular weight is 713 g/mol. The summed E-state index contributed by atoms with van der Waals surface area (Å²) in [4.78, 5) is 22.2. The number of hydrogen-bond acceptors (Lipinski definition) is 10. The molecule has 50 heavy (non-hydrogen) atoms. The van der Waals surface area contributed by atoms with Gasteiger partial charge >= 0.3 is 15.2 Å². The fraction of sp³-hybridized carbons (Fsp3) is 0.167. The predicted molar refractivity (Wildman–Crippen MR) is 196 cm³/mol. The molecule has 0 saturated carbocycles. The highest BCUT2D eigenvalue weighted by molar-refractivity contribution is 7.53. The molecular weight excluding hydrogens is 674 g/mol. The van der Waals surface area contributed by atoms with E-state index in [1.807, 2.05) is 60.7 Å². The topological polar surface area (TPSA) is 167 Å². The van der Waals surface area contributed by atoms with Gasteiger partial charge in [-0.2, -0.15) is 20.5 Å². The Morgan fingerprint density at radius 1 is 0.520 bits per heavy atom. The van der Waals surface area contributed by atoms with Gasteiger partial charge in [0.25, 0.3) is 0 Å². The van der Waals surface area contributed by atoms with E-state index in [9.17, 15) is 18.9 Å². The van der Waals surface area contributed by atoms with Crippen molar-refractivity contribution in [3.63, 3.8) is 0 Å². The molecule has 5 aromatic carbocycles. The fourth-order valence-corrected chi connectivity index (χ4v) is 7.65. The molecule has 0 aromatic heterocycles. The summed E-state index contributed by atoms with van der Waals surface area (Å²) in [6.07, 6.45) is 0. The molecule has 4 atom stereocenters. The van der Waals surface area contributed by atoms with Crippen molar-refractivity contribution in [3.05, 3.63) is 145 Å². The van der Waals surface area contributed by atoms with Gasteiger partial charge in [-0.05, 0) is 97.8 Å². The smallest absolute Gasteiger partial charge is 0.354 e. The minimum absolute atomic E-state index is 0.00821. The van der Waals surface area contributed by atoms with Crippen LogP contribution in [0.3, 0.4) is 0 Å². The molecule has 4 unspecified atom stereocenters. The number of azo groups is 2. The molecule has 0 spiro atoms. The Bertz CT molecular complexity index is 1840. The van der Waals surface area contributed by atoms with E-state index in [4.69, 9.17) is 9.05 Å². The number of nitrogens with zero attached hydrogens (tertiary/aromatic N) is 4. The summed E-state index contributed by atoms with van der Waals surface area (Å²) < 4.78 is 37.8. The largest absolute Gasteiger partial charge is 0.368 e. The monoisotopic (exact) mass is 712 g/mol. The molecule has 0 radical (unpaired) electrons. The Balaban J connectivity index is 1.41. The third-order valence-electron chi connectivity index (χ3n) is 7.24. The first-order valence-electron chi connectivity index (χ1n) is 15.9. The second-order valence-corrected chi connectivity index (χ2v) is 14.7. The highest BCUT2D eigenvalue weighted by atomic mass is 31.2. The van der Waals surface area contributed by atoms with Crippen molar-refractivity contribution in [2.45, 2.75) is 25.4 Å². The first kappa shape index (κ1) is 36.5. The molecule has 0 saturated heterocycles. The molecule has 0 aliphatic heterocycles. The molecule has 4 N–H and O–H groups in total. The van der Waals surface area contributed by atoms with Crippen molar-refractivity contribution in [2.75, 3.05) is 23.8 Å². The van der Waals surface area contributed by atoms with Gasteiger partial charge in [-0.3, -0.25) is 9.13 Å². The van der Waals surface area contributed by atoms with Crippen LogP contribution in [0.1, 0.15) is 36.5 Å². The van der Waals surface area contributed by atoms with E-state index >= 15 is 0 Å². The quantitative estimate of drug-likeness (QED) is 0.0579. The lowest BCUT2D eigenvalue weighted by atomic mass is 10.1. The van der Waals surface area contributed by atoms with Crippen LogP contribution < -0.4 is 10.6 Å². The first-order chi connectivity index (χ1) is 24.2. The zero-order chi connectivity index (χ0) is 35.4. The molecular formula is C36H38N6O6P2. The Hall–Kier alpha value is -4.80. The third-order valence-corrected chi connectivity index (χ3v) is 10.7. The van der Waals surface area contributed by atoms with Gasteiger partial charge in [0.1, 0.15) is 0 Å². The van der Waals surface area contributed by atoms with Gasteiger partial charge in [-0.1, -0.05) is 60.7 Å². The first-order valence-corrected chi connectivity index (χ1v) is 19.2. The number of benzene rings is 5. The molecule has 5 aromatic rings. The van der Waals surface area contributed by atoms with Crippen molar-refractivity contribution >= 4 is 49.3 Å². The van der Waals surface area contributed by atoms with Crippen molar-refractivity contribution in [2.24, 2.45) is 20.5 Å². The van der Waals surface area contributed by atoms with Gasteiger partial charge in [0.15, 0.2) is 11.6 Å². The van der Waals surface area contributed by atoms with Crippen LogP contribution in [0.15, 0.2) is 154 Å². The summed E-state index contributed by atoms with van der Waals surface area (Å²) in [6, 6.07) is 38.9. The Labute approximate surface area is 291 Å². The highest BCUT2D eigenvalue weighted by Crippen LogP contribution is 2.59. The minimum Gasteiger partial charge on any atom is -0.368 e. The molecule has 0 heterocycles. The van der Waals surface area contributed by atoms with Gasteiger partial charge in [-0.25, -0.2) is 0 Å². The standard InChI is InChI=1S/C36H38N6O6P2/c1-3-47-49(43,44)35(37-29-18-22-33(23-19-29)41-39-31-14-7-5-8-15-31)27-12-11-13-28(26-27)36(50(45,46)48-4-2)38-30-20-24-34(25-21-30)42-40-32-16-9-6-10-17-32/h5-26,35-38H,3-4H2,1-2H3,(H,43,44)(H,45,46). The van der Waals surface area contributed by atoms with Crippen LogP contribution in [-0.4, -0.2) is 23.0 Å². The summed E-state index contributed by atoms with van der Waals surface area (Å²) in [6.45, 7) is 3.24. The normalized spacial score (nSPS) is 15.3. The van der Waals surface area contributed by atoms with E-state index in [1.54, 1.807) is 86.6 Å². The zero-order valence-corrected chi connectivity index (χ0v) is 29.3. The highest BCUT2D eigenvalue weighted by Gasteiger charge is 2.37. The maximum atomic E-state index is 13.6. The molecule has 258 valence electrons. The minimum atomic E-state index is -4.31. The van der Waals surface area contributed by atoms with Gasteiger partial charge in [0.2, 0.25) is 0 Å². The van der Waals surface area contributed by atoms with Crippen molar-refractivity contribution in [3.8, 4) is 0 Å². The van der Waals surface area contributed by atoms with Gasteiger partial charge in [0, 0.05) is 11.4 Å². The van der Waals surface area contributed by atoms with Crippen molar-refractivity contribution in [1.82, 2.24) is 0 Å². The lowest BCUT2D eigenvalue weighted by molar-refractivity contribution is 0.266. The van der Waals surface area contributed by atoms with Crippen LogP contribution in [0.25, 0.3) is 0 Å². The summed E-state index contributed by atoms with van der Waals surface area (Å²) in [5.74, 6) is -2.45. The van der Waals surface area contributed by atoms with Crippen LogP contribution >= 0.6 is 15.2 Å². The summed E-state index contributed by atoms with van der Waals surface area (Å²) in [5.41, 5.74) is 4.35. The lowest BCUT2D eigenvalue weighted by Gasteiger charge is -2.28. The van der Waals surface area contributed by atoms with Crippen molar-refractivity contribution < 1.29 is 28.0 Å². The fourth-order valence-electron chi connectivity index (χ4n) is 4.91. The van der Waals surface area contributed by atoms with E-state index < -0.39 is 26.8 Å². The molecule has 5 rings (SSSR count). The number of rotatable bonds is 16. The maximum absolute atomic E-state index is 13.6. The van der Waals surface area contributed by atoms with Crippen LogP contribution in [0, 0.1) is 0 Å². The Kier molecular flexibility index (Phi) is 12.6. The average Bonchev–Trinajstić information content (AvgIpc) is 3.13. The second-order valence-electron chi connectivity index (χ2n) is 10.9. The summed E-state index contributed by atoms with van der Waals surface area (Å²) in [7, 11) is -8.63. The van der Waals surface area contributed by atoms with Gasteiger partial charge in [-0.15, -0.1) is 0 Å². The number of nitrogens with one attached hydrogen (secondary N) is 2. The zero-order valence-electron chi connectivity index (χ0n) is 27.5. The number of anilines is 2. The maximum Gasteiger partial charge on any atom is 0.354 e. The van der Waals surface area contributed by atoms with Gasteiger partial charge in [0.05, 0.1) is 36.0 Å². The Morgan fingerprint density at radius 3 is 1.20 bits per heavy atom. The summed E-state index contributed by atoms with van der Waals surface area (Å²) >= 11 is 0. The molecule has 0 bridgehead atoms. The molecule has 0 amide bonds. The van der Waals surface area contributed by atoms with Crippen LogP contribution in [0.2, 0.25) is 0 Å². The number of hydrogen-bond donors (Lipinski definition) is 4. The second kappa shape index (κ2) is 17.2. The molecule has 0 aliphatic carbocycles. The SMILES string of the molecule is CCOP(=O)(O)C(Nc1ccc(N=Nc2ccccc2)cc1)c1cccc(C(Nc2ccc(N=Nc3ccccc3)cc2)P(=O)(O)OCC)c1. The summed E-state index contributed by atoms with van der Waals surface area (Å²) in [5, 5.41) is 23.2. The molecule has 0 aliphatic rings. The molecule has 12 nitrogen and oxygen atoms in total. The van der Waals surface area contributed by atoms with E-state index in [-0.39, 0.29) is 13.2 Å². The molecule has 0 fully saturated rings. The lowest BCUT2D eigenvalue weighted by Crippen LogP contribution is -2.16. The van der Waals surface area contributed by atoms with E-state index in [1.165, 1.54) is 0 Å². The van der Waals surface area contributed by atoms with Crippen molar-refractivity contribution in [1.29, 1.82) is 0 Å². The van der Waals surface area contributed by atoms with E-state index in [0.29, 0.717) is 45.3 Å². The predicted octanol–water partition coefficient (Wildman–Crippen LogP) is 11.2. The van der Waals surface area contributed by atoms with Crippen LogP contribution in [0.4, 0.5) is 34.1 Å². The third kappa shape index (κ3) is 10.1. The Morgan fingerprint density at radius 2 is 0.860 bits per heavy atom. The van der Waals surface area contributed by atoms with Gasteiger partial charge < -0.3 is 29.5 Å².